The predicted molar refractivity (Wildman–Crippen MR) is 93.0 cm³/mol. The van der Waals surface area contributed by atoms with Crippen molar-refractivity contribution < 1.29 is 28.9 Å². The fourth-order valence-corrected chi connectivity index (χ4v) is 4.60. The number of methoxy groups -OCH3 is 1. The third-order valence-corrected chi connectivity index (χ3v) is 6.25. The SMILES string of the molecule is COCCOC1(CNC(=O)N2C[C@@H]3CCC[C@@]3(C(=O)O)C2)CCOCC1. The number of aliphatic carboxylic acids is 1. The lowest BCUT2D eigenvalue weighted by atomic mass is 9.81. The Labute approximate surface area is 154 Å². The van der Waals surface area contributed by atoms with Crippen LogP contribution in [0.5, 0.6) is 0 Å². The zero-order valence-electron chi connectivity index (χ0n) is 15.5. The number of fused-ring (bicyclic) bond motifs is 1. The van der Waals surface area contributed by atoms with E-state index in [0.29, 0.717) is 52.5 Å². The fourth-order valence-electron chi connectivity index (χ4n) is 4.60. The fraction of sp³-hybridized carbons (Fsp3) is 0.889. The van der Waals surface area contributed by atoms with Gasteiger partial charge in [0.2, 0.25) is 0 Å². The van der Waals surface area contributed by atoms with Crippen LogP contribution in [0.15, 0.2) is 0 Å². The number of likely N-dealkylation sites (tertiary alicyclic amines) is 1. The molecule has 2 aliphatic heterocycles. The second-order valence-electron chi connectivity index (χ2n) is 7.73. The average Bonchev–Trinajstić information content (AvgIpc) is 3.19. The molecule has 26 heavy (non-hydrogen) atoms. The highest BCUT2D eigenvalue weighted by Gasteiger charge is 2.55. The summed E-state index contributed by atoms with van der Waals surface area (Å²) in [5.74, 6) is -0.695. The molecular weight excluding hydrogens is 340 g/mol. The number of carbonyl (C=O) groups excluding carboxylic acids is 1. The molecule has 2 atom stereocenters. The molecule has 2 saturated heterocycles. The van der Waals surface area contributed by atoms with E-state index in [-0.39, 0.29) is 11.9 Å². The molecule has 0 aromatic carbocycles. The van der Waals surface area contributed by atoms with Crippen LogP contribution in [-0.2, 0) is 19.0 Å². The second-order valence-corrected chi connectivity index (χ2v) is 7.73. The van der Waals surface area contributed by atoms with Gasteiger partial charge in [0.1, 0.15) is 0 Å². The topological polar surface area (TPSA) is 97.3 Å². The van der Waals surface area contributed by atoms with Crippen LogP contribution in [0.1, 0.15) is 32.1 Å². The van der Waals surface area contributed by atoms with Crippen molar-refractivity contribution in [3.8, 4) is 0 Å². The maximum absolute atomic E-state index is 12.7. The van der Waals surface area contributed by atoms with Crippen LogP contribution in [0.25, 0.3) is 0 Å². The second kappa shape index (κ2) is 8.10. The molecule has 2 amide bonds. The van der Waals surface area contributed by atoms with Gasteiger partial charge in [-0.3, -0.25) is 4.79 Å². The summed E-state index contributed by atoms with van der Waals surface area (Å²) in [6, 6.07) is -0.193. The van der Waals surface area contributed by atoms with E-state index in [2.05, 4.69) is 5.32 Å². The van der Waals surface area contributed by atoms with Crippen molar-refractivity contribution >= 4 is 12.0 Å². The molecule has 1 aliphatic carbocycles. The van der Waals surface area contributed by atoms with Crippen LogP contribution in [-0.4, -0.2) is 80.8 Å². The number of urea groups is 1. The van der Waals surface area contributed by atoms with Crippen LogP contribution in [0.2, 0.25) is 0 Å². The molecule has 2 heterocycles. The first-order valence-electron chi connectivity index (χ1n) is 9.48. The molecule has 8 heteroatoms. The van der Waals surface area contributed by atoms with E-state index >= 15 is 0 Å². The van der Waals surface area contributed by atoms with Gasteiger partial charge in [-0.2, -0.15) is 0 Å². The lowest BCUT2D eigenvalue weighted by molar-refractivity contribution is -0.149. The molecule has 0 spiro atoms. The van der Waals surface area contributed by atoms with Crippen molar-refractivity contribution in [1.29, 1.82) is 0 Å². The van der Waals surface area contributed by atoms with Crippen molar-refractivity contribution in [2.75, 3.05) is 53.2 Å². The Morgan fingerprint density at radius 3 is 2.69 bits per heavy atom. The van der Waals surface area contributed by atoms with Gasteiger partial charge < -0.3 is 29.5 Å². The Kier molecular flexibility index (Phi) is 6.04. The van der Waals surface area contributed by atoms with Crippen molar-refractivity contribution in [2.24, 2.45) is 11.3 Å². The molecule has 0 aromatic rings. The van der Waals surface area contributed by atoms with Gasteiger partial charge in [-0.1, -0.05) is 6.42 Å². The average molecular weight is 370 g/mol. The molecule has 1 saturated carbocycles. The maximum atomic E-state index is 12.7. The van der Waals surface area contributed by atoms with Gasteiger partial charge in [0.15, 0.2) is 0 Å². The van der Waals surface area contributed by atoms with E-state index in [9.17, 15) is 14.7 Å². The number of nitrogens with zero attached hydrogens (tertiary/aromatic N) is 1. The highest BCUT2D eigenvalue weighted by atomic mass is 16.5. The van der Waals surface area contributed by atoms with E-state index in [1.165, 1.54) is 0 Å². The van der Waals surface area contributed by atoms with Crippen molar-refractivity contribution in [1.82, 2.24) is 10.2 Å². The molecule has 3 aliphatic rings. The van der Waals surface area contributed by atoms with E-state index in [1.54, 1.807) is 12.0 Å². The summed E-state index contributed by atoms with van der Waals surface area (Å²) in [6.07, 6.45) is 3.93. The van der Waals surface area contributed by atoms with Gasteiger partial charge in [0.25, 0.3) is 0 Å². The molecule has 3 fully saturated rings. The Hall–Kier alpha value is -1.38. The summed E-state index contributed by atoms with van der Waals surface area (Å²) < 4.78 is 16.5. The van der Waals surface area contributed by atoms with Gasteiger partial charge >= 0.3 is 12.0 Å². The third kappa shape index (κ3) is 3.82. The smallest absolute Gasteiger partial charge is 0.317 e. The van der Waals surface area contributed by atoms with Crippen LogP contribution in [0.4, 0.5) is 4.79 Å². The molecule has 0 radical (unpaired) electrons. The first-order chi connectivity index (χ1) is 12.5. The van der Waals surface area contributed by atoms with E-state index in [4.69, 9.17) is 14.2 Å². The predicted octanol–water partition coefficient (Wildman–Crippen LogP) is 1.09. The van der Waals surface area contributed by atoms with Crippen LogP contribution >= 0.6 is 0 Å². The summed E-state index contributed by atoms with van der Waals surface area (Å²) in [6.45, 7) is 3.43. The first-order valence-corrected chi connectivity index (χ1v) is 9.48. The molecule has 3 rings (SSSR count). The maximum Gasteiger partial charge on any atom is 0.317 e. The standard InChI is InChI=1S/C18H30N2O6/c1-24-9-10-26-17(5-7-25-8-6-17)12-19-16(23)20-11-14-3-2-4-18(14,13-20)15(21)22/h14H,2-13H2,1H3,(H,19,23)(H,21,22)/t14-,18+/m0/s1. The number of rotatable bonds is 7. The molecule has 0 aromatic heterocycles. The van der Waals surface area contributed by atoms with Gasteiger partial charge in [0.05, 0.1) is 24.2 Å². The van der Waals surface area contributed by atoms with Crippen molar-refractivity contribution in [3.63, 3.8) is 0 Å². The van der Waals surface area contributed by atoms with Crippen LogP contribution in [0, 0.1) is 11.3 Å². The number of carbonyl (C=O) groups is 2. The van der Waals surface area contributed by atoms with Gasteiger partial charge in [-0.05, 0) is 18.8 Å². The van der Waals surface area contributed by atoms with Crippen molar-refractivity contribution in [2.45, 2.75) is 37.7 Å². The highest BCUT2D eigenvalue weighted by molar-refractivity contribution is 5.80. The van der Waals surface area contributed by atoms with Gasteiger partial charge in [0, 0.05) is 52.8 Å². The van der Waals surface area contributed by atoms with E-state index < -0.39 is 17.0 Å². The van der Waals surface area contributed by atoms with Crippen LogP contribution < -0.4 is 5.32 Å². The number of amides is 2. The number of ether oxygens (including phenoxy) is 3. The number of hydrogen-bond donors (Lipinski definition) is 2. The minimum absolute atomic E-state index is 0.0701. The summed E-state index contributed by atoms with van der Waals surface area (Å²) in [7, 11) is 1.63. The molecule has 148 valence electrons. The normalized spacial score (nSPS) is 30.2. The number of nitrogens with one attached hydrogen (secondary N) is 1. The first kappa shape index (κ1) is 19.4. The quantitative estimate of drug-likeness (QED) is 0.651. The van der Waals surface area contributed by atoms with E-state index in [0.717, 1.165) is 25.7 Å². The molecule has 8 nitrogen and oxygen atoms in total. The van der Waals surface area contributed by atoms with E-state index in [1.807, 2.05) is 0 Å². The Morgan fingerprint density at radius 1 is 1.27 bits per heavy atom. The van der Waals surface area contributed by atoms with Crippen LogP contribution in [0.3, 0.4) is 0 Å². The zero-order chi connectivity index (χ0) is 18.6. The molecular formula is C18H30N2O6. The highest BCUT2D eigenvalue weighted by Crippen LogP contribution is 2.48. The van der Waals surface area contributed by atoms with Gasteiger partial charge in [-0.25, -0.2) is 4.79 Å². The number of hydrogen-bond acceptors (Lipinski definition) is 5. The number of carboxylic acids is 1. The summed E-state index contributed by atoms with van der Waals surface area (Å²) in [5.41, 5.74) is -1.19. The third-order valence-electron chi connectivity index (χ3n) is 6.25. The monoisotopic (exact) mass is 370 g/mol. The summed E-state index contributed by atoms with van der Waals surface area (Å²) in [5, 5.41) is 12.6. The lowest BCUT2D eigenvalue weighted by Crippen LogP contribution is -2.52. The zero-order valence-corrected chi connectivity index (χ0v) is 15.5. The number of carboxylic acid groups (broad SMARTS) is 1. The molecule has 0 bridgehead atoms. The minimum Gasteiger partial charge on any atom is -0.481 e. The largest absolute Gasteiger partial charge is 0.481 e. The van der Waals surface area contributed by atoms with Gasteiger partial charge in [-0.15, -0.1) is 0 Å². The van der Waals surface area contributed by atoms with Crippen molar-refractivity contribution in [3.05, 3.63) is 0 Å². The minimum atomic E-state index is -0.765. The Morgan fingerprint density at radius 2 is 2.04 bits per heavy atom. The molecule has 0 unspecified atom stereocenters. The summed E-state index contributed by atoms with van der Waals surface area (Å²) >= 11 is 0. The lowest BCUT2D eigenvalue weighted by Gasteiger charge is -2.37. The Balaban J connectivity index is 1.56. The summed E-state index contributed by atoms with van der Waals surface area (Å²) in [4.78, 5) is 26.1. The Bertz CT molecular complexity index is 522. The molecule has 2 N–H and O–H groups in total.